The zero-order chi connectivity index (χ0) is 19.8. The molecule has 3 rings (SSSR count). The Morgan fingerprint density at radius 2 is 1.57 bits per heavy atom. The van der Waals surface area contributed by atoms with E-state index in [-0.39, 0.29) is 6.04 Å². The Hall–Kier alpha value is -2.49. The lowest BCUT2D eigenvalue weighted by Gasteiger charge is -2.19. The lowest BCUT2D eigenvalue weighted by Crippen LogP contribution is -2.18. The molecule has 146 valence electrons. The van der Waals surface area contributed by atoms with Crippen molar-refractivity contribution in [2.45, 2.75) is 33.0 Å². The molecule has 0 aliphatic heterocycles. The first-order valence-corrected chi connectivity index (χ1v) is 9.96. The summed E-state index contributed by atoms with van der Waals surface area (Å²) >= 11 is 6.28. The van der Waals surface area contributed by atoms with E-state index in [4.69, 9.17) is 21.1 Å². The summed E-state index contributed by atoms with van der Waals surface area (Å²) in [5.41, 5.74) is 3.26. The van der Waals surface area contributed by atoms with Gasteiger partial charge in [-0.1, -0.05) is 72.3 Å². The van der Waals surface area contributed by atoms with Crippen LogP contribution in [0.4, 0.5) is 0 Å². The summed E-state index contributed by atoms with van der Waals surface area (Å²) < 4.78 is 12.0. The van der Waals surface area contributed by atoms with Gasteiger partial charge in [0.15, 0.2) is 11.5 Å². The van der Waals surface area contributed by atoms with Gasteiger partial charge in [-0.15, -0.1) is 0 Å². The first-order chi connectivity index (χ1) is 13.7. The van der Waals surface area contributed by atoms with Crippen molar-refractivity contribution >= 4 is 11.6 Å². The molecule has 3 nitrogen and oxygen atoms in total. The van der Waals surface area contributed by atoms with E-state index in [0.29, 0.717) is 24.8 Å². The van der Waals surface area contributed by atoms with Crippen LogP contribution in [0.5, 0.6) is 11.5 Å². The fourth-order valence-corrected chi connectivity index (χ4v) is 3.21. The summed E-state index contributed by atoms with van der Waals surface area (Å²) in [6.45, 7) is 5.78. The number of halogens is 1. The molecule has 0 saturated heterocycles. The van der Waals surface area contributed by atoms with Crippen LogP contribution in [-0.4, -0.2) is 6.61 Å². The molecule has 28 heavy (non-hydrogen) atoms. The molecule has 0 amide bonds. The molecule has 3 aromatic rings. The van der Waals surface area contributed by atoms with Crippen LogP contribution < -0.4 is 14.8 Å². The summed E-state index contributed by atoms with van der Waals surface area (Å²) in [4.78, 5) is 0. The van der Waals surface area contributed by atoms with Crippen molar-refractivity contribution in [3.8, 4) is 11.5 Å². The third-order valence-electron chi connectivity index (χ3n) is 4.59. The van der Waals surface area contributed by atoms with E-state index >= 15 is 0 Å². The van der Waals surface area contributed by atoms with Gasteiger partial charge in [-0.2, -0.15) is 0 Å². The average molecular weight is 396 g/mol. The molecule has 0 unspecified atom stereocenters. The summed E-state index contributed by atoms with van der Waals surface area (Å²) in [7, 11) is 0. The number of ether oxygens (including phenoxy) is 2. The molecule has 4 heteroatoms. The molecule has 0 fully saturated rings. The Bertz CT molecular complexity index is 883. The molecule has 0 aromatic heterocycles. The fraction of sp³-hybridized carbons (Fsp3) is 0.250. The van der Waals surface area contributed by atoms with E-state index in [0.717, 1.165) is 22.6 Å². The maximum atomic E-state index is 6.28. The third-order valence-corrected chi connectivity index (χ3v) is 4.96. The van der Waals surface area contributed by atoms with Crippen LogP contribution in [-0.2, 0) is 13.2 Å². The lowest BCUT2D eigenvalue weighted by atomic mass is 10.1. The Morgan fingerprint density at radius 1 is 0.857 bits per heavy atom. The Kier molecular flexibility index (Phi) is 7.35. The second-order valence-electron chi connectivity index (χ2n) is 6.57. The third kappa shape index (κ3) is 5.28. The normalized spacial score (nSPS) is 11.8. The van der Waals surface area contributed by atoms with Crippen molar-refractivity contribution in [3.63, 3.8) is 0 Å². The SMILES string of the molecule is CCOc1cccc(CN[C@H](C)c2ccccc2)c1OCc1ccccc1Cl. The number of rotatable bonds is 9. The molecule has 0 radical (unpaired) electrons. The molecule has 0 heterocycles. The minimum absolute atomic E-state index is 0.230. The fourth-order valence-electron chi connectivity index (χ4n) is 3.02. The van der Waals surface area contributed by atoms with Gasteiger partial charge in [0.25, 0.3) is 0 Å². The highest BCUT2D eigenvalue weighted by molar-refractivity contribution is 6.31. The zero-order valence-corrected chi connectivity index (χ0v) is 17.1. The smallest absolute Gasteiger partial charge is 0.166 e. The van der Waals surface area contributed by atoms with E-state index in [1.54, 1.807) is 0 Å². The van der Waals surface area contributed by atoms with Crippen molar-refractivity contribution < 1.29 is 9.47 Å². The molecule has 0 aliphatic rings. The molecule has 0 spiro atoms. The maximum Gasteiger partial charge on any atom is 0.166 e. The van der Waals surface area contributed by atoms with Crippen LogP contribution in [0.1, 0.15) is 36.6 Å². The van der Waals surface area contributed by atoms with E-state index in [2.05, 4.69) is 42.6 Å². The van der Waals surface area contributed by atoms with Gasteiger partial charge in [0.1, 0.15) is 6.61 Å². The highest BCUT2D eigenvalue weighted by Gasteiger charge is 2.13. The highest BCUT2D eigenvalue weighted by Crippen LogP contribution is 2.33. The molecule has 1 N–H and O–H groups in total. The van der Waals surface area contributed by atoms with Crippen LogP contribution in [0.25, 0.3) is 0 Å². The van der Waals surface area contributed by atoms with Gasteiger partial charge in [0, 0.05) is 28.7 Å². The minimum Gasteiger partial charge on any atom is -0.490 e. The second kappa shape index (κ2) is 10.2. The minimum atomic E-state index is 0.230. The van der Waals surface area contributed by atoms with Crippen LogP contribution in [0.2, 0.25) is 5.02 Å². The molecule has 1 atom stereocenters. The Morgan fingerprint density at radius 3 is 2.32 bits per heavy atom. The number of nitrogens with one attached hydrogen (secondary N) is 1. The maximum absolute atomic E-state index is 6.28. The average Bonchev–Trinajstić information content (AvgIpc) is 2.73. The van der Waals surface area contributed by atoms with E-state index in [1.807, 2.05) is 49.4 Å². The van der Waals surface area contributed by atoms with Gasteiger partial charge in [-0.25, -0.2) is 0 Å². The van der Waals surface area contributed by atoms with Crippen molar-refractivity contribution in [1.29, 1.82) is 0 Å². The van der Waals surface area contributed by atoms with Crippen molar-refractivity contribution in [1.82, 2.24) is 5.32 Å². The van der Waals surface area contributed by atoms with E-state index in [9.17, 15) is 0 Å². The Labute approximate surface area is 172 Å². The van der Waals surface area contributed by atoms with Crippen LogP contribution in [0.3, 0.4) is 0 Å². The van der Waals surface area contributed by atoms with Gasteiger partial charge >= 0.3 is 0 Å². The van der Waals surface area contributed by atoms with Crippen molar-refractivity contribution in [3.05, 3.63) is 94.5 Å². The van der Waals surface area contributed by atoms with Gasteiger partial charge in [0.05, 0.1) is 6.61 Å². The number of hydrogen-bond donors (Lipinski definition) is 1. The topological polar surface area (TPSA) is 30.5 Å². The Balaban J connectivity index is 1.76. The highest BCUT2D eigenvalue weighted by atomic mass is 35.5. The molecular formula is C24H26ClNO2. The molecule has 0 bridgehead atoms. The lowest BCUT2D eigenvalue weighted by molar-refractivity contribution is 0.266. The number of hydrogen-bond acceptors (Lipinski definition) is 3. The van der Waals surface area contributed by atoms with E-state index < -0.39 is 0 Å². The summed E-state index contributed by atoms with van der Waals surface area (Å²) in [6.07, 6.45) is 0. The second-order valence-corrected chi connectivity index (χ2v) is 6.98. The van der Waals surface area contributed by atoms with Gasteiger partial charge in [-0.3, -0.25) is 0 Å². The first kappa shape index (κ1) is 20.2. The van der Waals surface area contributed by atoms with Crippen molar-refractivity contribution in [2.75, 3.05) is 6.61 Å². The van der Waals surface area contributed by atoms with Crippen LogP contribution >= 0.6 is 11.6 Å². The summed E-state index contributed by atoms with van der Waals surface area (Å²) in [5.74, 6) is 1.51. The predicted octanol–water partition coefficient (Wildman–Crippen LogP) is 6.17. The zero-order valence-electron chi connectivity index (χ0n) is 16.3. The van der Waals surface area contributed by atoms with Gasteiger partial charge in [0.2, 0.25) is 0 Å². The van der Waals surface area contributed by atoms with Crippen LogP contribution in [0.15, 0.2) is 72.8 Å². The molecule has 3 aromatic carbocycles. The summed E-state index contributed by atoms with van der Waals surface area (Å²) in [6, 6.07) is 24.4. The van der Waals surface area contributed by atoms with Gasteiger partial charge in [-0.05, 0) is 31.5 Å². The van der Waals surface area contributed by atoms with E-state index in [1.165, 1.54) is 5.56 Å². The quantitative estimate of drug-likeness (QED) is 0.470. The largest absolute Gasteiger partial charge is 0.490 e. The molecule has 0 aliphatic carbocycles. The molecular weight excluding hydrogens is 370 g/mol. The van der Waals surface area contributed by atoms with Gasteiger partial charge < -0.3 is 14.8 Å². The molecule has 0 saturated carbocycles. The number of benzene rings is 3. The number of para-hydroxylation sites is 1. The predicted molar refractivity (Wildman–Crippen MR) is 115 cm³/mol. The standard InChI is InChI=1S/C24H26ClNO2/c1-3-27-23-15-9-13-20(16-26-18(2)19-10-5-4-6-11-19)24(23)28-17-21-12-7-8-14-22(21)25/h4-15,18,26H,3,16-17H2,1-2H3/t18-/m1/s1. The monoisotopic (exact) mass is 395 g/mol. The van der Waals surface area contributed by atoms with Crippen LogP contribution in [0, 0.1) is 0 Å². The summed E-state index contributed by atoms with van der Waals surface area (Å²) in [5, 5.41) is 4.28. The first-order valence-electron chi connectivity index (χ1n) is 9.58. The van der Waals surface area contributed by atoms with Crippen molar-refractivity contribution in [2.24, 2.45) is 0 Å².